The molecule has 0 N–H and O–H groups in total. The average Bonchev–Trinajstić information content (AvgIpc) is 3.06. The molecule has 1 aliphatic carbocycles. The summed E-state index contributed by atoms with van der Waals surface area (Å²) in [5.74, 6) is 0.398. The fourth-order valence-electron chi connectivity index (χ4n) is 6.00. The molecule has 10 heteroatoms. The number of unbranched alkanes of at least 4 members (excludes halogenated alkanes) is 1. The standard InChI is InChI=1S/C35H40N4O5S/c1-4-5-14-31-30(34(41)39(24(2)38-31)35-36-21-28(44-3)22-37-35)20-25-16-18-26(19-17-25)29-13-9-10-15-33(29)45(42,43)23-32(40)27-11-7-6-8-12-27/h9-10,13,15-19,21-22,27H,4-8,11-12,14,20,23H2,1-3H3. The van der Waals surface area contributed by atoms with Gasteiger partial charge in [-0.2, -0.15) is 0 Å². The van der Waals surface area contributed by atoms with Gasteiger partial charge in [-0.3, -0.25) is 9.59 Å². The molecule has 1 fully saturated rings. The van der Waals surface area contributed by atoms with E-state index >= 15 is 0 Å². The first-order valence-corrected chi connectivity index (χ1v) is 17.3. The van der Waals surface area contributed by atoms with Crippen LogP contribution in [0, 0.1) is 12.8 Å². The number of Topliss-reactive ketones (excluding diaryl/α,β-unsaturated/α-hetero) is 1. The minimum atomic E-state index is -3.83. The summed E-state index contributed by atoms with van der Waals surface area (Å²) in [5, 5.41) is 0. The Morgan fingerprint density at radius 1 is 1.00 bits per heavy atom. The number of nitrogens with zero attached hydrogens (tertiary/aromatic N) is 4. The van der Waals surface area contributed by atoms with E-state index in [2.05, 4.69) is 16.9 Å². The molecule has 9 nitrogen and oxygen atoms in total. The number of ether oxygens (including phenoxy) is 1. The maximum atomic E-state index is 13.9. The highest BCUT2D eigenvalue weighted by Gasteiger charge is 2.28. The third-order valence-electron chi connectivity index (χ3n) is 8.51. The second-order valence-electron chi connectivity index (χ2n) is 11.7. The van der Waals surface area contributed by atoms with Crippen LogP contribution in [0.5, 0.6) is 5.75 Å². The summed E-state index contributed by atoms with van der Waals surface area (Å²) in [4.78, 5) is 40.4. The van der Waals surface area contributed by atoms with Crippen LogP contribution in [-0.4, -0.2) is 46.6 Å². The summed E-state index contributed by atoms with van der Waals surface area (Å²) in [7, 11) is -2.30. The number of hydrogen-bond donors (Lipinski definition) is 0. The lowest BCUT2D eigenvalue weighted by atomic mass is 9.87. The molecule has 0 atom stereocenters. The number of benzene rings is 2. The molecular weight excluding hydrogens is 588 g/mol. The fourth-order valence-corrected chi connectivity index (χ4v) is 7.58. The highest BCUT2D eigenvalue weighted by Crippen LogP contribution is 2.31. The Morgan fingerprint density at radius 2 is 1.69 bits per heavy atom. The first-order chi connectivity index (χ1) is 21.7. The van der Waals surface area contributed by atoms with Gasteiger partial charge < -0.3 is 4.74 Å². The zero-order valence-corrected chi connectivity index (χ0v) is 27.0. The van der Waals surface area contributed by atoms with Crippen LogP contribution in [-0.2, 0) is 27.5 Å². The SMILES string of the molecule is CCCCc1nc(C)n(-c2ncc(OC)cn2)c(=O)c1Cc1ccc(-c2ccccc2S(=O)(=O)CC(=O)C2CCCCC2)cc1. The summed E-state index contributed by atoms with van der Waals surface area (Å²) < 4.78 is 33.5. The summed E-state index contributed by atoms with van der Waals surface area (Å²) in [6, 6.07) is 14.4. The van der Waals surface area contributed by atoms with Gasteiger partial charge in [0.05, 0.1) is 30.1 Å². The average molecular weight is 629 g/mol. The lowest BCUT2D eigenvalue weighted by Crippen LogP contribution is -2.29. The number of methoxy groups -OCH3 is 1. The van der Waals surface area contributed by atoms with Crippen LogP contribution in [0.3, 0.4) is 0 Å². The molecule has 5 rings (SSSR count). The van der Waals surface area contributed by atoms with Crippen LogP contribution in [0.4, 0.5) is 0 Å². The van der Waals surface area contributed by atoms with E-state index in [-0.39, 0.29) is 28.1 Å². The van der Waals surface area contributed by atoms with Gasteiger partial charge in [-0.05, 0) is 49.8 Å². The van der Waals surface area contributed by atoms with E-state index in [9.17, 15) is 18.0 Å². The first-order valence-electron chi connectivity index (χ1n) is 15.6. The second kappa shape index (κ2) is 14.3. The third-order valence-corrected chi connectivity index (χ3v) is 10.2. The van der Waals surface area contributed by atoms with Crippen LogP contribution in [0.15, 0.2) is 70.6 Å². The van der Waals surface area contributed by atoms with Crippen LogP contribution in [0.1, 0.15) is 74.5 Å². The van der Waals surface area contributed by atoms with Gasteiger partial charge in [-0.25, -0.2) is 27.9 Å². The molecule has 0 saturated heterocycles. The predicted molar refractivity (Wildman–Crippen MR) is 174 cm³/mol. The van der Waals surface area contributed by atoms with E-state index < -0.39 is 15.6 Å². The van der Waals surface area contributed by atoms with Gasteiger partial charge in [0.15, 0.2) is 21.4 Å². The highest BCUT2D eigenvalue weighted by atomic mass is 32.2. The van der Waals surface area contributed by atoms with Gasteiger partial charge in [0, 0.05) is 23.5 Å². The van der Waals surface area contributed by atoms with Crippen molar-refractivity contribution in [2.45, 2.75) is 76.5 Å². The molecule has 1 aliphatic rings. The maximum absolute atomic E-state index is 13.9. The second-order valence-corrected chi connectivity index (χ2v) is 13.6. The topological polar surface area (TPSA) is 121 Å². The van der Waals surface area contributed by atoms with E-state index in [4.69, 9.17) is 9.72 Å². The number of hydrogen-bond acceptors (Lipinski definition) is 8. The van der Waals surface area contributed by atoms with Gasteiger partial charge in [0.25, 0.3) is 5.56 Å². The lowest BCUT2D eigenvalue weighted by molar-refractivity contribution is -0.121. The Bertz CT molecular complexity index is 1810. The maximum Gasteiger partial charge on any atom is 0.264 e. The summed E-state index contributed by atoms with van der Waals surface area (Å²) in [5.41, 5.74) is 3.27. The quantitative estimate of drug-likeness (QED) is 0.191. The molecule has 236 valence electrons. The van der Waals surface area contributed by atoms with E-state index in [0.717, 1.165) is 61.8 Å². The zero-order chi connectivity index (χ0) is 32.0. The largest absolute Gasteiger partial charge is 0.494 e. The number of aromatic nitrogens is 4. The Morgan fingerprint density at radius 3 is 2.36 bits per heavy atom. The minimum Gasteiger partial charge on any atom is -0.494 e. The Hall–Kier alpha value is -4.18. The molecular formula is C35H40N4O5S. The molecule has 2 heterocycles. The lowest BCUT2D eigenvalue weighted by Gasteiger charge is -2.20. The molecule has 0 unspecified atom stereocenters. The van der Waals surface area contributed by atoms with Gasteiger partial charge in [0.2, 0.25) is 5.95 Å². The molecule has 0 aliphatic heterocycles. The van der Waals surface area contributed by atoms with E-state index in [0.29, 0.717) is 35.5 Å². The number of carbonyl (C=O) groups excluding carboxylic acids is 1. The molecule has 2 aromatic carbocycles. The number of sulfone groups is 1. The Labute approximate surface area is 264 Å². The third kappa shape index (κ3) is 7.39. The summed E-state index contributed by atoms with van der Waals surface area (Å²) in [6.45, 7) is 3.87. The highest BCUT2D eigenvalue weighted by molar-refractivity contribution is 7.92. The normalized spacial score (nSPS) is 13.9. The molecule has 2 aromatic heterocycles. The van der Waals surface area contributed by atoms with Crippen LogP contribution in [0.2, 0.25) is 0 Å². The minimum absolute atomic E-state index is 0.161. The van der Waals surface area contributed by atoms with E-state index in [1.165, 1.54) is 24.1 Å². The van der Waals surface area contributed by atoms with Crippen LogP contribution in [0.25, 0.3) is 17.1 Å². The molecule has 0 spiro atoms. The summed E-state index contributed by atoms with van der Waals surface area (Å²) >= 11 is 0. The molecule has 0 amide bonds. The van der Waals surface area contributed by atoms with E-state index in [1.807, 2.05) is 24.3 Å². The zero-order valence-electron chi connectivity index (χ0n) is 26.2. The Kier molecular flexibility index (Phi) is 10.2. The summed E-state index contributed by atoms with van der Waals surface area (Å²) in [6.07, 6.45) is 10.5. The van der Waals surface area contributed by atoms with Crippen LogP contribution >= 0.6 is 0 Å². The van der Waals surface area contributed by atoms with Crippen molar-refractivity contribution >= 4 is 15.6 Å². The monoisotopic (exact) mass is 628 g/mol. The molecule has 45 heavy (non-hydrogen) atoms. The Balaban J connectivity index is 1.44. The number of rotatable bonds is 12. The van der Waals surface area contributed by atoms with Crippen molar-refractivity contribution in [3.05, 3.63) is 93.9 Å². The van der Waals surface area contributed by atoms with Crippen molar-refractivity contribution in [2.24, 2.45) is 5.92 Å². The van der Waals surface area contributed by atoms with Gasteiger partial charge >= 0.3 is 0 Å². The van der Waals surface area contributed by atoms with Gasteiger partial charge in [-0.1, -0.05) is 75.1 Å². The number of carbonyl (C=O) groups is 1. The number of aryl methyl sites for hydroxylation is 2. The van der Waals surface area contributed by atoms with Crippen molar-refractivity contribution in [2.75, 3.05) is 12.9 Å². The molecule has 1 saturated carbocycles. The van der Waals surface area contributed by atoms with Crippen molar-refractivity contribution in [3.8, 4) is 22.8 Å². The predicted octanol–water partition coefficient (Wildman–Crippen LogP) is 5.86. The molecule has 0 radical (unpaired) electrons. The van der Waals surface area contributed by atoms with Crippen molar-refractivity contribution in [3.63, 3.8) is 0 Å². The van der Waals surface area contributed by atoms with Crippen molar-refractivity contribution in [1.29, 1.82) is 0 Å². The smallest absolute Gasteiger partial charge is 0.264 e. The van der Waals surface area contributed by atoms with E-state index in [1.54, 1.807) is 31.2 Å². The van der Waals surface area contributed by atoms with Crippen molar-refractivity contribution in [1.82, 2.24) is 19.5 Å². The van der Waals surface area contributed by atoms with Gasteiger partial charge in [0.1, 0.15) is 11.6 Å². The van der Waals surface area contributed by atoms with Crippen LogP contribution < -0.4 is 10.3 Å². The van der Waals surface area contributed by atoms with Gasteiger partial charge in [-0.15, -0.1) is 0 Å². The first kappa shape index (κ1) is 32.2. The molecule has 4 aromatic rings. The number of ketones is 1. The van der Waals surface area contributed by atoms with Crippen molar-refractivity contribution < 1.29 is 17.9 Å². The fraction of sp³-hybridized carbons (Fsp3) is 0.400. The molecule has 0 bridgehead atoms.